The van der Waals surface area contributed by atoms with E-state index in [1.165, 1.54) is 14.2 Å². The molecule has 18 heavy (non-hydrogen) atoms. The second-order valence-electron chi connectivity index (χ2n) is 3.95. The van der Waals surface area contributed by atoms with Gasteiger partial charge in [-0.05, 0) is 40.3 Å². The van der Waals surface area contributed by atoms with Crippen LogP contribution in [0.2, 0.25) is 0 Å². The van der Waals surface area contributed by atoms with Crippen LogP contribution in [0.25, 0.3) is 5.65 Å². The zero-order valence-corrected chi connectivity index (χ0v) is 12.6. The zero-order chi connectivity index (χ0) is 12.4. The number of thioether (sulfide) groups is 1. The highest BCUT2D eigenvalue weighted by atomic mass is 127. The fourth-order valence-corrected chi connectivity index (χ4v) is 3.15. The number of pyridine rings is 1. The molecule has 0 amide bonds. The van der Waals surface area contributed by atoms with Gasteiger partial charge in [-0.25, -0.2) is 4.98 Å². The molecule has 0 saturated heterocycles. The molecule has 0 saturated carbocycles. The van der Waals surface area contributed by atoms with Gasteiger partial charge in [0.1, 0.15) is 5.65 Å². The number of imidazole rings is 1. The summed E-state index contributed by atoms with van der Waals surface area (Å²) in [6.45, 7) is 0. The zero-order valence-electron chi connectivity index (χ0n) is 9.58. The molecule has 0 aliphatic rings. The molecule has 3 aromatic rings. The standard InChI is InChI=1S/C14H11IN2S/c15-12-6-7-13-16-8-14(17(13)9-12)18-10-11-4-2-1-3-5-11/h1-9H,10H2. The highest BCUT2D eigenvalue weighted by molar-refractivity contribution is 14.1. The third-order valence-corrected chi connectivity index (χ3v) is 4.38. The molecule has 0 aliphatic carbocycles. The third-order valence-electron chi connectivity index (χ3n) is 2.67. The van der Waals surface area contributed by atoms with Crippen LogP contribution in [0, 0.1) is 3.57 Å². The van der Waals surface area contributed by atoms with Gasteiger partial charge in [-0.3, -0.25) is 4.40 Å². The van der Waals surface area contributed by atoms with E-state index in [-0.39, 0.29) is 0 Å². The molecular weight excluding hydrogens is 355 g/mol. The Morgan fingerprint density at radius 1 is 1.11 bits per heavy atom. The van der Waals surface area contributed by atoms with Crippen LogP contribution in [-0.2, 0) is 5.75 Å². The number of hydrogen-bond donors (Lipinski definition) is 0. The van der Waals surface area contributed by atoms with Gasteiger partial charge in [0.05, 0.1) is 11.2 Å². The first-order valence-electron chi connectivity index (χ1n) is 5.62. The second-order valence-corrected chi connectivity index (χ2v) is 6.19. The summed E-state index contributed by atoms with van der Waals surface area (Å²) < 4.78 is 3.37. The number of benzene rings is 1. The molecule has 0 atom stereocenters. The predicted molar refractivity (Wildman–Crippen MR) is 83.9 cm³/mol. The smallest absolute Gasteiger partial charge is 0.137 e. The van der Waals surface area contributed by atoms with Crippen molar-refractivity contribution in [1.82, 2.24) is 9.38 Å². The van der Waals surface area contributed by atoms with E-state index in [4.69, 9.17) is 0 Å². The predicted octanol–water partition coefficient (Wildman–Crippen LogP) is 4.23. The molecule has 0 N–H and O–H groups in total. The number of hydrogen-bond acceptors (Lipinski definition) is 2. The topological polar surface area (TPSA) is 17.3 Å². The molecule has 2 nitrogen and oxygen atoms in total. The maximum absolute atomic E-state index is 4.41. The van der Waals surface area contributed by atoms with Crippen LogP contribution < -0.4 is 0 Å². The van der Waals surface area contributed by atoms with Crippen molar-refractivity contribution < 1.29 is 0 Å². The van der Waals surface area contributed by atoms with E-state index in [1.807, 2.05) is 30.1 Å². The minimum atomic E-state index is 0.972. The highest BCUT2D eigenvalue weighted by Crippen LogP contribution is 2.24. The minimum Gasteiger partial charge on any atom is -0.294 e. The van der Waals surface area contributed by atoms with E-state index in [1.54, 1.807) is 0 Å². The lowest BCUT2D eigenvalue weighted by Gasteiger charge is -2.02. The summed E-state index contributed by atoms with van der Waals surface area (Å²) >= 11 is 4.14. The number of rotatable bonds is 3. The van der Waals surface area contributed by atoms with Gasteiger partial charge < -0.3 is 0 Å². The van der Waals surface area contributed by atoms with Gasteiger partial charge in [0, 0.05) is 15.5 Å². The van der Waals surface area contributed by atoms with Gasteiger partial charge >= 0.3 is 0 Å². The molecule has 0 aliphatic heterocycles. The fourth-order valence-electron chi connectivity index (χ4n) is 1.77. The Hall–Kier alpha value is -1.01. The van der Waals surface area contributed by atoms with Crippen molar-refractivity contribution in [2.45, 2.75) is 10.8 Å². The van der Waals surface area contributed by atoms with Crippen LogP contribution in [0.3, 0.4) is 0 Å². The lowest BCUT2D eigenvalue weighted by atomic mass is 10.2. The van der Waals surface area contributed by atoms with Crippen LogP contribution in [0.4, 0.5) is 0 Å². The van der Waals surface area contributed by atoms with Gasteiger partial charge in [-0.1, -0.05) is 30.3 Å². The normalized spacial score (nSPS) is 10.9. The summed E-state index contributed by atoms with van der Waals surface area (Å²) in [4.78, 5) is 4.41. The Bertz CT molecular complexity index is 664. The maximum atomic E-state index is 4.41. The van der Waals surface area contributed by atoms with Crippen LogP contribution in [0.5, 0.6) is 0 Å². The van der Waals surface area contributed by atoms with Crippen molar-refractivity contribution in [3.05, 3.63) is 64.0 Å². The van der Waals surface area contributed by atoms with Gasteiger partial charge in [0.2, 0.25) is 0 Å². The fraction of sp³-hybridized carbons (Fsp3) is 0.0714. The van der Waals surface area contributed by atoms with Crippen LogP contribution in [-0.4, -0.2) is 9.38 Å². The molecule has 90 valence electrons. The van der Waals surface area contributed by atoms with Gasteiger partial charge in [0.15, 0.2) is 0 Å². The first-order chi connectivity index (χ1) is 8.83. The molecule has 4 heteroatoms. The van der Waals surface area contributed by atoms with Crippen LogP contribution in [0.15, 0.2) is 59.9 Å². The maximum Gasteiger partial charge on any atom is 0.137 e. The number of halogens is 1. The summed E-state index contributed by atoms with van der Waals surface area (Å²) in [5, 5.41) is 1.19. The summed E-state index contributed by atoms with van der Waals surface area (Å²) in [5.74, 6) is 0.972. The van der Waals surface area contributed by atoms with Crippen molar-refractivity contribution in [1.29, 1.82) is 0 Å². The Morgan fingerprint density at radius 3 is 2.78 bits per heavy atom. The number of fused-ring (bicyclic) bond motifs is 1. The quantitative estimate of drug-likeness (QED) is 0.510. The van der Waals surface area contributed by atoms with Crippen molar-refractivity contribution in [3.63, 3.8) is 0 Å². The molecule has 0 fully saturated rings. The van der Waals surface area contributed by atoms with Gasteiger partial charge in [-0.2, -0.15) is 0 Å². The van der Waals surface area contributed by atoms with Crippen molar-refractivity contribution in [2.75, 3.05) is 0 Å². The van der Waals surface area contributed by atoms with E-state index >= 15 is 0 Å². The summed E-state index contributed by atoms with van der Waals surface area (Å²) in [5.41, 5.74) is 2.34. The summed E-state index contributed by atoms with van der Waals surface area (Å²) in [6.07, 6.45) is 4.06. The molecule has 0 radical (unpaired) electrons. The monoisotopic (exact) mass is 366 g/mol. The molecule has 0 spiro atoms. The average molecular weight is 366 g/mol. The van der Waals surface area contributed by atoms with Gasteiger partial charge in [-0.15, -0.1) is 11.8 Å². The lowest BCUT2D eigenvalue weighted by Crippen LogP contribution is -1.88. The SMILES string of the molecule is Ic1ccc2ncc(SCc3ccccc3)n2c1. The average Bonchev–Trinajstić information content (AvgIpc) is 2.80. The van der Waals surface area contributed by atoms with Crippen molar-refractivity contribution >= 4 is 40.0 Å². The number of nitrogens with zero attached hydrogens (tertiary/aromatic N) is 2. The molecule has 1 aromatic carbocycles. The minimum absolute atomic E-state index is 0.972. The van der Waals surface area contributed by atoms with E-state index in [2.05, 4.69) is 68.5 Å². The molecule has 2 aromatic heterocycles. The first kappa shape index (κ1) is 12.0. The number of aromatic nitrogens is 2. The Labute approximate surface area is 124 Å². The third kappa shape index (κ3) is 2.54. The largest absolute Gasteiger partial charge is 0.294 e. The lowest BCUT2D eigenvalue weighted by molar-refractivity contribution is 1.04. The molecule has 0 bridgehead atoms. The summed E-state index contributed by atoms with van der Waals surface area (Å²) in [7, 11) is 0. The molecule has 0 unspecified atom stereocenters. The molecule has 2 heterocycles. The second kappa shape index (κ2) is 5.32. The molecule has 3 rings (SSSR count). The van der Waals surface area contributed by atoms with Crippen LogP contribution in [0.1, 0.15) is 5.56 Å². The first-order valence-corrected chi connectivity index (χ1v) is 7.69. The van der Waals surface area contributed by atoms with Crippen molar-refractivity contribution in [3.8, 4) is 0 Å². The van der Waals surface area contributed by atoms with E-state index in [0.717, 1.165) is 11.4 Å². The molecular formula is C14H11IN2S. The Balaban J connectivity index is 1.85. The van der Waals surface area contributed by atoms with Crippen molar-refractivity contribution in [2.24, 2.45) is 0 Å². The van der Waals surface area contributed by atoms with E-state index in [0.29, 0.717) is 0 Å². The summed E-state index contributed by atoms with van der Waals surface area (Å²) in [6, 6.07) is 14.6. The Kier molecular flexibility index (Phi) is 3.56. The highest BCUT2D eigenvalue weighted by Gasteiger charge is 2.04. The van der Waals surface area contributed by atoms with E-state index in [9.17, 15) is 0 Å². The van der Waals surface area contributed by atoms with Crippen LogP contribution >= 0.6 is 34.4 Å². The van der Waals surface area contributed by atoms with E-state index < -0.39 is 0 Å². The Morgan fingerprint density at radius 2 is 1.94 bits per heavy atom. The van der Waals surface area contributed by atoms with Gasteiger partial charge in [0.25, 0.3) is 0 Å².